The molecular weight excluding hydrogens is 342 g/mol. The molecule has 2 aromatic carbocycles. The molecule has 0 saturated heterocycles. The molecule has 0 fully saturated rings. The lowest BCUT2D eigenvalue weighted by atomic mass is 10.3. The molecule has 3 rings (SSSR count). The van der Waals surface area contributed by atoms with Crippen LogP contribution in [0.1, 0.15) is 6.42 Å². The molecule has 1 amide bonds. The molecule has 0 bridgehead atoms. The third-order valence-electron chi connectivity index (χ3n) is 3.75. The first-order chi connectivity index (χ1) is 12.1. The van der Waals surface area contributed by atoms with Gasteiger partial charge >= 0.3 is 5.69 Å². The third-order valence-corrected chi connectivity index (χ3v) is 4.00. The Hall–Kier alpha value is -2.73. The van der Waals surface area contributed by atoms with Crippen LogP contribution >= 0.6 is 11.6 Å². The van der Waals surface area contributed by atoms with Gasteiger partial charge in [-0.05, 0) is 42.8 Å². The molecule has 0 radical (unpaired) electrons. The Labute approximate surface area is 149 Å². The van der Waals surface area contributed by atoms with E-state index in [-0.39, 0.29) is 18.2 Å². The summed E-state index contributed by atoms with van der Waals surface area (Å²) in [7, 11) is 0. The number of carbonyl (C=O) groups excluding carboxylic acids is 1. The number of amides is 1. The number of hydrogen-bond donors (Lipinski definition) is 2. The van der Waals surface area contributed by atoms with Crippen molar-refractivity contribution in [3.8, 4) is 5.75 Å². The van der Waals surface area contributed by atoms with Gasteiger partial charge in [0.15, 0.2) is 6.61 Å². The lowest BCUT2D eigenvalue weighted by molar-refractivity contribution is -0.123. The van der Waals surface area contributed by atoms with Crippen molar-refractivity contribution in [1.82, 2.24) is 14.9 Å². The van der Waals surface area contributed by atoms with Gasteiger partial charge in [0, 0.05) is 18.1 Å². The molecular formula is C18H18ClN3O3. The first-order valence-electron chi connectivity index (χ1n) is 7.96. The van der Waals surface area contributed by atoms with Gasteiger partial charge in [0.1, 0.15) is 5.75 Å². The molecule has 1 aromatic heterocycles. The largest absolute Gasteiger partial charge is 0.484 e. The first-order valence-corrected chi connectivity index (χ1v) is 8.34. The average molecular weight is 360 g/mol. The summed E-state index contributed by atoms with van der Waals surface area (Å²) in [5.74, 6) is 0.381. The minimum absolute atomic E-state index is 0.0608. The number of hydrogen-bond acceptors (Lipinski definition) is 3. The highest BCUT2D eigenvalue weighted by atomic mass is 35.5. The Morgan fingerprint density at radius 1 is 1.16 bits per heavy atom. The van der Waals surface area contributed by atoms with Crippen molar-refractivity contribution >= 4 is 28.5 Å². The van der Waals surface area contributed by atoms with E-state index in [2.05, 4.69) is 10.3 Å². The number of para-hydroxylation sites is 2. The molecule has 2 N–H and O–H groups in total. The van der Waals surface area contributed by atoms with Crippen LogP contribution in [0, 0.1) is 0 Å². The van der Waals surface area contributed by atoms with E-state index in [4.69, 9.17) is 16.3 Å². The Kier molecular flexibility index (Phi) is 5.40. The Bertz CT molecular complexity index is 915. The van der Waals surface area contributed by atoms with E-state index in [1.54, 1.807) is 28.8 Å². The Balaban J connectivity index is 1.43. The Morgan fingerprint density at radius 3 is 2.72 bits per heavy atom. The summed E-state index contributed by atoms with van der Waals surface area (Å²) in [4.78, 5) is 26.5. The smallest absolute Gasteiger partial charge is 0.326 e. The third kappa shape index (κ3) is 4.42. The molecule has 0 aliphatic carbocycles. The summed E-state index contributed by atoms with van der Waals surface area (Å²) in [6, 6.07) is 14.3. The number of H-pyrrole nitrogens is 1. The number of nitrogens with zero attached hydrogens (tertiary/aromatic N) is 1. The molecule has 0 aliphatic heterocycles. The standard InChI is InChI=1S/C18H18ClN3O3/c19-13-6-8-14(9-7-13)25-12-17(23)20-10-3-11-22-16-5-2-1-4-15(16)21-18(22)24/h1-2,4-9H,3,10-12H2,(H,20,23)(H,21,24). The maximum atomic E-state index is 11.9. The SMILES string of the molecule is O=C(COc1ccc(Cl)cc1)NCCCn1c(=O)[nH]c2ccccc21. The normalized spacial score (nSPS) is 10.8. The minimum Gasteiger partial charge on any atom is -0.484 e. The fourth-order valence-electron chi connectivity index (χ4n) is 2.52. The first kappa shape index (κ1) is 17.1. The highest BCUT2D eigenvalue weighted by molar-refractivity contribution is 6.30. The molecule has 7 heteroatoms. The van der Waals surface area contributed by atoms with E-state index in [9.17, 15) is 9.59 Å². The monoisotopic (exact) mass is 359 g/mol. The zero-order valence-corrected chi connectivity index (χ0v) is 14.3. The number of benzene rings is 2. The van der Waals surface area contributed by atoms with E-state index < -0.39 is 0 Å². The molecule has 3 aromatic rings. The second-order valence-electron chi connectivity index (χ2n) is 5.55. The fourth-order valence-corrected chi connectivity index (χ4v) is 2.65. The molecule has 130 valence electrons. The topological polar surface area (TPSA) is 76.1 Å². The molecule has 0 unspecified atom stereocenters. The van der Waals surface area contributed by atoms with Gasteiger partial charge in [-0.15, -0.1) is 0 Å². The van der Waals surface area contributed by atoms with Crippen LogP contribution in [0.4, 0.5) is 0 Å². The lowest BCUT2D eigenvalue weighted by Crippen LogP contribution is -2.30. The van der Waals surface area contributed by atoms with Crippen LogP contribution < -0.4 is 15.7 Å². The van der Waals surface area contributed by atoms with Crippen LogP contribution in [0.25, 0.3) is 11.0 Å². The van der Waals surface area contributed by atoms with E-state index in [0.29, 0.717) is 30.3 Å². The molecule has 1 heterocycles. The maximum Gasteiger partial charge on any atom is 0.326 e. The highest BCUT2D eigenvalue weighted by Crippen LogP contribution is 2.15. The van der Waals surface area contributed by atoms with Crippen LogP contribution in [-0.2, 0) is 11.3 Å². The summed E-state index contributed by atoms with van der Waals surface area (Å²) in [5.41, 5.74) is 1.54. The van der Waals surface area contributed by atoms with Gasteiger partial charge in [-0.1, -0.05) is 23.7 Å². The van der Waals surface area contributed by atoms with Gasteiger partial charge in [-0.3, -0.25) is 9.36 Å². The maximum absolute atomic E-state index is 11.9. The number of imidazole rings is 1. The van der Waals surface area contributed by atoms with Crippen LogP contribution in [0.3, 0.4) is 0 Å². The van der Waals surface area contributed by atoms with Crippen molar-refractivity contribution in [2.75, 3.05) is 13.2 Å². The van der Waals surface area contributed by atoms with Gasteiger partial charge in [0.2, 0.25) is 0 Å². The lowest BCUT2D eigenvalue weighted by Gasteiger charge is -2.08. The number of fused-ring (bicyclic) bond motifs is 1. The van der Waals surface area contributed by atoms with Gasteiger partial charge in [0.05, 0.1) is 11.0 Å². The van der Waals surface area contributed by atoms with E-state index >= 15 is 0 Å². The molecule has 6 nitrogen and oxygen atoms in total. The number of aromatic amines is 1. The summed E-state index contributed by atoms with van der Waals surface area (Å²) in [6.45, 7) is 0.935. The second-order valence-corrected chi connectivity index (χ2v) is 5.98. The van der Waals surface area contributed by atoms with Crippen molar-refractivity contribution < 1.29 is 9.53 Å². The summed E-state index contributed by atoms with van der Waals surface area (Å²) >= 11 is 5.79. The number of halogens is 1. The number of nitrogens with one attached hydrogen (secondary N) is 2. The number of rotatable bonds is 7. The van der Waals surface area contributed by atoms with Crippen molar-refractivity contribution in [2.24, 2.45) is 0 Å². The van der Waals surface area contributed by atoms with Crippen molar-refractivity contribution in [1.29, 1.82) is 0 Å². The summed E-state index contributed by atoms with van der Waals surface area (Å²) < 4.78 is 7.04. The molecule has 0 saturated carbocycles. The number of ether oxygens (including phenoxy) is 1. The summed E-state index contributed by atoms with van der Waals surface area (Å²) in [6.07, 6.45) is 0.647. The predicted octanol–water partition coefficient (Wildman–Crippen LogP) is 2.57. The molecule has 0 spiro atoms. The zero-order valence-electron chi connectivity index (χ0n) is 13.5. The van der Waals surface area contributed by atoms with Gasteiger partial charge in [0.25, 0.3) is 5.91 Å². The van der Waals surface area contributed by atoms with Gasteiger partial charge in [-0.2, -0.15) is 0 Å². The summed E-state index contributed by atoms with van der Waals surface area (Å²) in [5, 5.41) is 3.39. The second kappa shape index (κ2) is 7.90. The van der Waals surface area contributed by atoms with Crippen LogP contribution in [-0.4, -0.2) is 28.6 Å². The number of aryl methyl sites for hydroxylation is 1. The van der Waals surface area contributed by atoms with Gasteiger partial charge < -0.3 is 15.0 Å². The Morgan fingerprint density at radius 2 is 1.92 bits per heavy atom. The number of carbonyl (C=O) groups is 1. The van der Waals surface area contributed by atoms with Crippen molar-refractivity contribution in [3.05, 3.63) is 64.0 Å². The predicted molar refractivity (Wildman–Crippen MR) is 97.1 cm³/mol. The highest BCUT2D eigenvalue weighted by Gasteiger charge is 2.06. The minimum atomic E-state index is -0.207. The fraction of sp³-hybridized carbons (Fsp3) is 0.222. The molecule has 0 aliphatic rings. The van der Waals surface area contributed by atoms with E-state index in [1.807, 2.05) is 24.3 Å². The van der Waals surface area contributed by atoms with Crippen LogP contribution in [0.2, 0.25) is 5.02 Å². The van der Waals surface area contributed by atoms with Crippen molar-refractivity contribution in [2.45, 2.75) is 13.0 Å². The van der Waals surface area contributed by atoms with Crippen LogP contribution in [0.5, 0.6) is 5.75 Å². The molecule has 25 heavy (non-hydrogen) atoms. The van der Waals surface area contributed by atoms with Crippen molar-refractivity contribution in [3.63, 3.8) is 0 Å². The number of aromatic nitrogens is 2. The zero-order chi connectivity index (χ0) is 17.6. The average Bonchev–Trinajstić information content (AvgIpc) is 2.93. The van der Waals surface area contributed by atoms with Gasteiger partial charge in [-0.25, -0.2) is 4.79 Å². The van der Waals surface area contributed by atoms with E-state index in [1.165, 1.54) is 0 Å². The molecule has 0 atom stereocenters. The van der Waals surface area contributed by atoms with Crippen LogP contribution in [0.15, 0.2) is 53.3 Å². The van der Waals surface area contributed by atoms with E-state index in [0.717, 1.165) is 11.0 Å². The quantitative estimate of drug-likeness (QED) is 0.636.